The average Bonchev–Trinajstić information content (AvgIpc) is 2.92. The summed E-state index contributed by atoms with van der Waals surface area (Å²) in [5, 5.41) is 13.5. The van der Waals surface area contributed by atoms with Gasteiger partial charge in [0.1, 0.15) is 0 Å². The minimum Gasteiger partial charge on any atom is -0.389 e. The van der Waals surface area contributed by atoms with E-state index in [9.17, 15) is 13.5 Å². The van der Waals surface area contributed by atoms with Crippen LogP contribution in [-0.2, 0) is 16.4 Å². The first-order valence-electron chi connectivity index (χ1n) is 6.28. The lowest BCUT2D eigenvalue weighted by molar-refractivity contribution is 0.199. The molecule has 2 aromatic rings. The Balaban J connectivity index is 2.04. The van der Waals surface area contributed by atoms with Crippen LogP contribution in [0.5, 0.6) is 0 Å². The monoisotopic (exact) mass is 311 g/mol. The number of nitrogens with one attached hydrogen (secondary N) is 1. The molecule has 1 unspecified atom stereocenters. The Morgan fingerprint density at radius 3 is 2.80 bits per heavy atom. The van der Waals surface area contributed by atoms with Gasteiger partial charge < -0.3 is 5.11 Å². The molecule has 2 rings (SSSR count). The highest BCUT2D eigenvalue weighted by molar-refractivity contribution is 7.89. The maximum Gasteiger partial charge on any atom is 0.240 e. The van der Waals surface area contributed by atoms with E-state index in [2.05, 4.69) is 4.72 Å². The molecule has 1 aromatic carbocycles. The fourth-order valence-electron chi connectivity index (χ4n) is 1.79. The van der Waals surface area contributed by atoms with Crippen molar-refractivity contribution in [3.63, 3.8) is 0 Å². The van der Waals surface area contributed by atoms with Crippen LogP contribution in [0.15, 0.2) is 46.0 Å². The van der Waals surface area contributed by atoms with Crippen LogP contribution >= 0.6 is 11.3 Å². The Labute approximate surface area is 123 Å². The van der Waals surface area contributed by atoms with Crippen molar-refractivity contribution in [2.45, 2.75) is 24.3 Å². The second kappa shape index (κ2) is 6.49. The fourth-order valence-corrected chi connectivity index (χ4v) is 3.58. The van der Waals surface area contributed by atoms with Gasteiger partial charge in [0.2, 0.25) is 10.0 Å². The molecule has 4 nitrogen and oxygen atoms in total. The highest BCUT2D eigenvalue weighted by atomic mass is 32.2. The third kappa shape index (κ3) is 3.89. The van der Waals surface area contributed by atoms with Crippen molar-refractivity contribution in [3.8, 4) is 0 Å². The van der Waals surface area contributed by atoms with Crippen molar-refractivity contribution in [2.24, 2.45) is 0 Å². The van der Waals surface area contributed by atoms with Gasteiger partial charge in [0.05, 0.1) is 11.0 Å². The Bertz CT molecular complexity index is 649. The van der Waals surface area contributed by atoms with E-state index in [4.69, 9.17) is 0 Å². The van der Waals surface area contributed by atoms with Crippen LogP contribution in [0.3, 0.4) is 0 Å². The normalized spacial score (nSPS) is 13.3. The van der Waals surface area contributed by atoms with Crippen LogP contribution in [0.25, 0.3) is 0 Å². The van der Waals surface area contributed by atoms with Crippen molar-refractivity contribution >= 4 is 21.4 Å². The number of hydrogen-bond acceptors (Lipinski definition) is 4. The molecule has 1 aromatic heterocycles. The average molecular weight is 311 g/mol. The number of sulfonamides is 1. The fraction of sp³-hybridized carbons (Fsp3) is 0.286. The van der Waals surface area contributed by atoms with Gasteiger partial charge in [-0.3, -0.25) is 0 Å². The zero-order chi connectivity index (χ0) is 14.6. The van der Waals surface area contributed by atoms with Gasteiger partial charge >= 0.3 is 0 Å². The van der Waals surface area contributed by atoms with E-state index in [1.165, 1.54) is 12.1 Å². The lowest BCUT2D eigenvalue weighted by Gasteiger charge is -2.09. The third-order valence-electron chi connectivity index (χ3n) is 2.94. The van der Waals surface area contributed by atoms with E-state index >= 15 is 0 Å². The minimum absolute atomic E-state index is 0.182. The molecule has 0 aliphatic rings. The second-order valence-corrected chi connectivity index (χ2v) is 7.07. The van der Waals surface area contributed by atoms with Crippen molar-refractivity contribution in [3.05, 3.63) is 52.2 Å². The molecule has 0 aliphatic carbocycles. The summed E-state index contributed by atoms with van der Waals surface area (Å²) >= 11 is 1.59. The molecule has 0 bridgehead atoms. The van der Waals surface area contributed by atoms with Gasteiger partial charge in [-0.2, -0.15) is 11.3 Å². The molecule has 20 heavy (non-hydrogen) atoms. The molecule has 0 amide bonds. The maximum atomic E-state index is 12.1. The summed E-state index contributed by atoms with van der Waals surface area (Å²) in [6.07, 6.45) is -0.0188. The number of benzene rings is 1. The molecule has 0 radical (unpaired) electrons. The molecule has 0 aliphatic heterocycles. The first kappa shape index (κ1) is 15.2. The van der Waals surface area contributed by atoms with Crippen molar-refractivity contribution in [1.82, 2.24) is 4.72 Å². The largest absolute Gasteiger partial charge is 0.389 e. The van der Waals surface area contributed by atoms with E-state index < -0.39 is 16.1 Å². The molecule has 1 atom stereocenters. The van der Waals surface area contributed by atoms with Gasteiger partial charge in [-0.15, -0.1) is 0 Å². The quantitative estimate of drug-likeness (QED) is 0.860. The van der Waals surface area contributed by atoms with E-state index in [0.29, 0.717) is 18.5 Å². The lowest BCUT2D eigenvalue weighted by Crippen LogP contribution is -2.26. The highest BCUT2D eigenvalue weighted by Gasteiger charge is 2.14. The van der Waals surface area contributed by atoms with Crippen LogP contribution in [0.4, 0.5) is 0 Å². The van der Waals surface area contributed by atoms with Crippen LogP contribution < -0.4 is 4.72 Å². The molecule has 0 saturated heterocycles. The molecule has 0 spiro atoms. The topological polar surface area (TPSA) is 66.4 Å². The molecule has 2 N–H and O–H groups in total. The van der Waals surface area contributed by atoms with Gasteiger partial charge in [-0.1, -0.05) is 12.1 Å². The summed E-state index contributed by atoms with van der Waals surface area (Å²) in [4.78, 5) is 0.182. The highest BCUT2D eigenvalue weighted by Crippen LogP contribution is 2.17. The zero-order valence-corrected chi connectivity index (χ0v) is 12.7. The first-order chi connectivity index (χ1) is 9.49. The van der Waals surface area contributed by atoms with E-state index in [0.717, 1.165) is 5.56 Å². The predicted molar refractivity (Wildman–Crippen MR) is 80.3 cm³/mol. The van der Waals surface area contributed by atoms with Crippen molar-refractivity contribution in [2.75, 3.05) is 6.54 Å². The lowest BCUT2D eigenvalue weighted by atomic mass is 10.1. The van der Waals surface area contributed by atoms with Crippen molar-refractivity contribution < 1.29 is 13.5 Å². The Morgan fingerprint density at radius 1 is 1.35 bits per heavy atom. The Kier molecular flexibility index (Phi) is 4.93. The van der Waals surface area contributed by atoms with Crippen LogP contribution in [0.1, 0.15) is 24.2 Å². The Morgan fingerprint density at radius 2 is 2.15 bits per heavy atom. The predicted octanol–water partition coefficient (Wildman–Crippen LogP) is 2.32. The van der Waals surface area contributed by atoms with Gasteiger partial charge in [-0.05, 0) is 53.4 Å². The minimum atomic E-state index is -3.53. The number of aliphatic hydroxyl groups excluding tert-OH is 1. The number of thiophene rings is 1. The van der Waals surface area contributed by atoms with E-state index in [1.54, 1.807) is 30.4 Å². The Hall–Kier alpha value is -1.21. The summed E-state index contributed by atoms with van der Waals surface area (Å²) in [6.45, 7) is 1.97. The van der Waals surface area contributed by atoms with Crippen LogP contribution in [-0.4, -0.2) is 20.1 Å². The van der Waals surface area contributed by atoms with Gasteiger partial charge in [0.25, 0.3) is 0 Å². The SMILES string of the molecule is CC(O)c1cccc(S(=O)(=O)NCCc2ccsc2)c1. The molecular weight excluding hydrogens is 294 g/mol. The number of aliphatic hydroxyl groups is 1. The molecule has 0 saturated carbocycles. The van der Waals surface area contributed by atoms with Gasteiger partial charge in [-0.25, -0.2) is 13.1 Å². The van der Waals surface area contributed by atoms with Crippen LogP contribution in [0.2, 0.25) is 0 Å². The van der Waals surface area contributed by atoms with Crippen LogP contribution in [0, 0.1) is 0 Å². The summed E-state index contributed by atoms with van der Waals surface area (Å²) in [5.74, 6) is 0. The van der Waals surface area contributed by atoms with Gasteiger partial charge in [0.15, 0.2) is 0 Å². The summed E-state index contributed by atoms with van der Waals surface area (Å²) < 4.78 is 26.9. The molecular formula is C14H17NO3S2. The molecule has 6 heteroatoms. The number of rotatable bonds is 6. The molecule has 0 fully saturated rings. The summed E-state index contributed by atoms with van der Waals surface area (Å²) in [7, 11) is -3.53. The van der Waals surface area contributed by atoms with E-state index in [-0.39, 0.29) is 4.90 Å². The van der Waals surface area contributed by atoms with Crippen molar-refractivity contribution in [1.29, 1.82) is 0 Å². The third-order valence-corrected chi connectivity index (χ3v) is 5.13. The summed E-state index contributed by atoms with van der Waals surface area (Å²) in [5.41, 5.74) is 1.71. The van der Waals surface area contributed by atoms with Gasteiger partial charge in [0, 0.05) is 6.54 Å². The number of hydrogen-bond donors (Lipinski definition) is 2. The molecule has 108 valence electrons. The first-order valence-corrected chi connectivity index (χ1v) is 8.70. The summed E-state index contributed by atoms with van der Waals surface area (Å²) in [6, 6.07) is 8.34. The molecule has 1 heterocycles. The standard InChI is InChI=1S/C14H17NO3S2/c1-11(16)13-3-2-4-14(9-13)20(17,18)15-7-5-12-6-8-19-10-12/h2-4,6,8-11,15-16H,5,7H2,1H3. The second-order valence-electron chi connectivity index (χ2n) is 4.53. The maximum absolute atomic E-state index is 12.1. The zero-order valence-electron chi connectivity index (χ0n) is 11.1. The van der Waals surface area contributed by atoms with E-state index in [1.807, 2.05) is 16.8 Å². The smallest absolute Gasteiger partial charge is 0.240 e.